The summed E-state index contributed by atoms with van der Waals surface area (Å²) in [6, 6.07) is 15.7. The van der Waals surface area contributed by atoms with Crippen LogP contribution < -0.4 is 9.92 Å². The lowest BCUT2D eigenvalue weighted by Gasteiger charge is -2.22. The van der Waals surface area contributed by atoms with Crippen LogP contribution in [0.5, 0.6) is 11.5 Å². The Morgan fingerprint density at radius 1 is 1.00 bits per heavy atom. The van der Waals surface area contributed by atoms with E-state index in [0.29, 0.717) is 5.02 Å². The zero-order valence-corrected chi connectivity index (χ0v) is 14.9. The summed E-state index contributed by atoms with van der Waals surface area (Å²) < 4.78 is 7.74. The predicted octanol–water partition coefficient (Wildman–Crippen LogP) is 3.88. The minimum atomic E-state index is -1.62. The zero-order chi connectivity index (χ0) is 16.3. The van der Waals surface area contributed by atoms with Crippen molar-refractivity contribution in [1.29, 1.82) is 0 Å². The van der Waals surface area contributed by atoms with Crippen molar-refractivity contribution in [2.45, 2.75) is 19.3 Å². The Morgan fingerprint density at radius 2 is 1.61 bits per heavy atom. The molecule has 0 unspecified atom stereocenters. The van der Waals surface area contributed by atoms with Crippen molar-refractivity contribution < 1.29 is 4.74 Å². The van der Waals surface area contributed by atoms with Crippen molar-refractivity contribution in [3.63, 3.8) is 0 Å². The van der Waals surface area contributed by atoms with E-state index in [1.165, 1.54) is 5.19 Å². The molecule has 0 N–H and O–H groups in total. The van der Waals surface area contributed by atoms with Gasteiger partial charge in [0.15, 0.2) is 0 Å². The average Bonchev–Trinajstić information content (AvgIpc) is 3.02. The van der Waals surface area contributed by atoms with Crippen molar-refractivity contribution in [3.05, 3.63) is 66.2 Å². The summed E-state index contributed by atoms with van der Waals surface area (Å²) >= 11 is 5.88. The van der Waals surface area contributed by atoms with Crippen LogP contribution in [0.2, 0.25) is 18.1 Å². The van der Waals surface area contributed by atoms with Gasteiger partial charge in [-0.05, 0) is 36.4 Å². The summed E-state index contributed by atoms with van der Waals surface area (Å²) in [7, 11) is -1.62. The second-order valence-corrected chi connectivity index (χ2v) is 11.2. The van der Waals surface area contributed by atoms with Gasteiger partial charge in [-0.15, -0.1) is 0 Å². The number of hydrogen-bond acceptors (Lipinski definition) is 3. The van der Waals surface area contributed by atoms with E-state index in [0.717, 1.165) is 17.7 Å². The Labute approximate surface area is 141 Å². The highest BCUT2D eigenvalue weighted by Crippen LogP contribution is 2.22. The highest BCUT2D eigenvalue weighted by atomic mass is 35.5. The largest absolute Gasteiger partial charge is 0.457 e. The molecule has 1 heterocycles. The number of hydrogen-bond donors (Lipinski definition) is 0. The van der Waals surface area contributed by atoms with E-state index >= 15 is 0 Å². The smallest absolute Gasteiger partial charge is 0.137 e. The van der Waals surface area contributed by atoms with Gasteiger partial charge < -0.3 is 4.74 Å². The third-order valence-electron chi connectivity index (χ3n) is 3.71. The van der Waals surface area contributed by atoms with Crippen LogP contribution in [0.15, 0.2) is 61.2 Å². The molecule has 0 atom stereocenters. The van der Waals surface area contributed by atoms with Crippen LogP contribution in [0.1, 0.15) is 0 Å². The quantitative estimate of drug-likeness (QED) is 0.660. The lowest BCUT2D eigenvalue weighted by Crippen LogP contribution is -2.45. The molecular formula is C17H18ClN3OSi. The number of aromatic nitrogens is 3. The first-order chi connectivity index (χ1) is 11.0. The van der Waals surface area contributed by atoms with Gasteiger partial charge in [0.25, 0.3) is 0 Å². The fourth-order valence-corrected chi connectivity index (χ4v) is 4.77. The first-order valence-corrected chi connectivity index (χ1v) is 11.0. The standard InChI is InChI=1S/C17H18ClN3OSi/c1-23(2,13-21-12-19-11-20-21)17-9-7-16(8-10-17)22-15-5-3-14(18)4-6-15/h3-12H,13H2,1-2H3. The third-order valence-corrected chi connectivity index (χ3v) is 6.97. The molecule has 0 bridgehead atoms. The van der Waals surface area contributed by atoms with Gasteiger partial charge in [0, 0.05) is 11.2 Å². The van der Waals surface area contributed by atoms with E-state index in [2.05, 4.69) is 35.3 Å². The van der Waals surface area contributed by atoms with Gasteiger partial charge in [0.2, 0.25) is 0 Å². The summed E-state index contributed by atoms with van der Waals surface area (Å²) in [6.45, 7) is 4.65. The first-order valence-electron chi connectivity index (χ1n) is 7.39. The van der Waals surface area contributed by atoms with Crippen LogP contribution in [0, 0.1) is 0 Å². The minimum absolute atomic E-state index is 0.702. The van der Waals surface area contributed by atoms with Crippen LogP contribution in [0.25, 0.3) is 0 Å². The topological polar surface area (TPSA) is 39.9 Å². The van der Waals surface area contributed by atoms with E-state index in [4.69, 9.17) is 16.3 Å². The molecule has 0 saturated heterocycles. The fourth-order valence-electron chi connectivity index (χ4n) is 2.42. The molecule has 23 heavy (non-hydrogen) atoms. The summed E-state index contributed by atoms with van der Waals surface area (Å²) in [6.07, 6.45) is 4.25. The van der Waals surface area contributed by atoms with Gasteiger partial charge >= 0.3 is 0 Å². The SMILES string of the molecule is C[Si](C)(Cn1cncn1)c1ccc(Oc2ccc(Cl)cc2)cc1. The first kappa shape index (κ1) is 15.8. The third kappa shape index (κ3) is 4.00. The van der Waals surface area contributed by atoms with Crippen LogP contribution in [0.3, 0.4) is 0 Å². The summed E-state index contributed by atoms with van der Waals surface area (Å²) in [5.74, 6) is 1.60. The van der Waals surface area contributed by atoms with E-state index < -0.39 is 8.07 Å². The van der Waals surface area contributed by atoms with Gasteiger partial charge in [0.1, 0.15) is 32.2 Å². The highest BCUT2D eigenvalue weighted by molar-refractivity contribution is 6.88. The molecule has 0 aliphatic rings. The zero-order valence-electron chi connectivity index (χ0n) is 13.1. The molecule has 3 aromatic rings. The van der Waals surface area contributed by atoms with Crippen molar-refractivity contribution in [2.75, 3.05) is 0 Å². The Balaban J connectivity index is 1.72. The highest BCUT2D eigenvalue weighted by Gasteiger charge is 2.24. The van der Waals surface area contributed by atoms with Crippen LogP contribution >= 0.6 is 11.6 Å². The van der Waals surface area contributed by atoms with Crippen molar-refractivity contribution >= 4 is 24.9 Å². The molecule has 3 rings (SSSR count). The molecule has 0 fully saturated rings. The fraction of sp³-hybridized carbons (Fsp3) is 0.176. The van der Waals surface area contributed by atoms with Crippen molar-refractivity contribution in [3.8, 4) is 11.5 Å². The van der Waals surface area contributed by atoms with Crippen LogP contribution in [-0.2, 0) is 6.17 Å². The lowest BCUT2D eigenvalue weighted by atomic mass is 10.3. The maximum Gasteiger partial charge on any atom is 0.137 e. The maximum atomic E-state index is 5.88. The van der Waals surface area contributed by atoms with Gasteiger partial charge in [-0.3, -0.25) is 4.68 Å². The Hall–Kier alpha value is -2.11. The van der Waals surface area contributed by atoms with Crippen LogP contribution in [0.4, 0.5) is 0 Å². The van der Waals surface area contributed by atoms with E-state index in [1.54, 1.807) is 12.7 Å². The number of rotatable bonds is 5. The monoisotopic (exact) mass is 343 g/mol. The molecule has 0 spiro atoms. The maximum absolute atomic E-state index is 5.88. The molecule has 4 nitrogen and oxygen atoms in total. The predicted molar refractivity (Wildman–Crippen MR) is 95.1 cm³/mol. The molecule has 2 aromatic carbocycles. The minimum Gasteiger partial charge on any atom is -0.457 e. The molecule has 0 amide bonds. The second kappa shape index (κ2) is 6.56. The normalized spacial score (nSPS) is 11.4. The summed E-state index contributed by atoms with van der Waals surface area (Å²) in [5.41, 5.74) is 0. The van der Waals surface area contributed by atoms with E-state index in [9.17, 15) is 0 Å². The molecule has 0 saturated carbocycles. The van der Waals surface area contributed by atoms with Gasteiger partial charge in [-0.2, -0.15) is 5.10 Å². The van der Waals surface area contributed by atoms with Gasteiger partial charge in [-0.1, -0.05) is 42.0 Å². The molecule has 1 aromatic heterocycles. The van der Waals surface area contributed by atoms with Crippen molar-refractivity contribution in [1.82, 2.24) is 14.8 Å². The Kier molecular flexibility index (Phi) is 4.50. The van der Waals surface area contributed by atoms with Gasteiger partial charge in [0.05, 0.1) is 0 Å². The molecule has 118 valence electrons. The molecule has 0 aliphatic carbocycles. The van der Waals surface area contributed by atoms with E-state index in [1.807, 2.05) is 41.1 Å². The average molecular weight is 344 g/mol. The number of benzene rings is 2. The Bertz CT molecular complexity index is 756. The van der Waals surface area contributed by atoms with Crippen molar-refractivity contribution in [2.24, 2.45) is 0 Å². The molecule has 6 heteroatoms. The second-order valence-electron chi connectivity index (χ2n) is 6.06. The molecule has 0 aliphatic heterocycles. The number of halogens is 1. The van der Waals surface area contributed by atoms with E-state index in [-0.39, 0.29) is 0 Å². The number of ether oxygens (including phenoxy) is 1. The summed E-state index contributed by atoms with van der Waals surface area (Å²) in [5, 5.41) is 6.27. The molecular weight excluding hydrogens is 326 g/mol. The summed E-state index contributed by atoms with van der Waals surface area (Å²) in [4.78, 5) is 4.01. The van der Waals surface area contributed by atoms with Gasteiger partial charge in [-0.25, -0.2) is 4.98 Å². The lowest BCUT2D eigenvalue weighted by molar-refractivity contribution is 0.483. The molecule has 0 radical (unpaired) electrons. The van der Waals surface area contributed by atoms with Crippen LogP contribution in [-0.4, -0.2) is 22.8 Å². The Morgan fingerprint density at radius 3 is 2.17 bits per heavy atom. The number of nitrogens with zero attached hydrogens (tertiary/aromatic N) is 3.